The Labute approximate surface area is 154 Å². The summed E-state index contributed by atoms with van der Waals surface area (Å²) in [5.74, 6) is -2.65. The van der Waals surface area contributed by atoms with E-state index in [4.69, 9.17) is 9.57 Å². The van der Waals surface area contributed by atoms with Gasteiger partial charge in [0.1, 0.15) is 17.8 Å². The predicted octanol–water partition coefficient (Wildman–Crippen LogP) is 2.09. The van der Waals surface area contributed by atoms with Gasteiger partial charge in [-0.2, -0.15) is 0 Å². The molecule has 0 aliphatic carbocycles. The molecule has 2 atom stereocenters. The summed E-state index contributed by atoms with van der Waals surface area (Å²) in [6.07, 6.45) is -2.62. The Balaban J connectivity index is 1.74. The third kappa shape index (κ3) is 3.62. The van der Waals surface area contributed by atoms with Crippen LogP contribution in [0, 0.1) is 0 Å². The fourth-order valence-corrected chi connectivity index (χ4v) is 2.93. The normalized spacial score (nSPS) is 22.1. The van der Waals surface area contributed by atoms with Gasteiger partial charge in [-0.05, 0) is 32.9 Å². The number of fused-ring (bicyclic) bond motifs is 1. The molecule has 3 amide bonds. The molecule has 0 unspecified atom stereocenters. The van der Waals surface area contributed by atoms with Crippen LogP contribution in [0.5, 0.6) is 0 Å². The van der Waals surface area contributed by atoms with Gasteiger partial charge in [-0.25, -0.2) is 14.0 Å². The van der Waals surface area contributed by atoms with Crippen LogP contribution in [0.15, 0.2) is 24.3 Å². The van der Waals surface area contributed by atoms with E-state index < -0.39 is 41.7 Å². The number of carbonyl (C=O) groups excluding carboxylic acids is 4. The van der Waals surface area contributed by atoms with Crippen molar-refractivity contribution in [3.8, 4) is 0 Å². The van der Waals surface area contributed by atoms with Crippen molar-refractivity contribution >= 4 is 23.9 Å². The number of hydrogen-bond donors (Lipinski definition) is 0. The maximum atomic E-state index is 13.9. The third-order valence-electron chi connectivity index (χ3n) is 4.09. The standard InChI is InChI=1S/C18H19FN2O6/c1-18(2,3)26-17(25)20-9-10(19)8-13(20)16(24)27-21-14(22)11-6-4-5-7-12(11)15(21)23/h4-7,10,13H,8-9H2,1-3H3/t10-,13-/m1/s1. The maximum absolute atomic E-state index is 13.9. The summed E-state index contributed by atoms with van der Waals surface area (Å²) in [6, 6.07) is 4.72. The number of carbonyl (C=O) groups is 4. The Kier molecular flexibility index (Phi) is 4.63. The number of hydroxylamine groups is 2. The van der Waals surface area contributed by atoms with E-state index in [-0.39, 0.29) is 24.1 Å². The highest BCUT2D eigenvalue weighted by Gasteiger charge is 2.46. The molecule has 3 rings (SSSR count). The smallest absolute Gasteiger partial charge is 0.411 e. The molecule has 27 heavy (non-hydrogen) atoms. The number of hydrogen-bond acceptors (Lipinski definition) is 6. The highest BCUT2D eigenvalue weighted by atomic mass is 19.1. The topological polar surface area (TPSA) is 93.2 Å². The van der Waals surface area contributed by atoms with Crippen LogP contribution in [0.2, 0.25) is 0 Å². The van der Waals surface area contributed by atoms with Crippen LogP contribution >= 0.6 is 0 Å². The molecule has 2 aliphatic heterocycles. The highest BCUT2D eigenvalue weighted by Crippen LogP contribution is 2.27. The van der Waals surface area contributed by atoms with E-state index in [1.54, 1.807) is 32.9 Å². The maximum Gasteiger partial charge on any atom is 0.411 e. The molecule has 0 saturated carbocycles. The first kappa shape index (κ1) is 18.8. The van der Waals surface area contributed by atoms with Crippen LogP contribution in [-0.2, 0) is 14.4 Å². The van der Waals surface area contributed by atoms with Gasteiger partial charge in [-0.1, -0.05) is 17.2 Å². The second kappa shape index (κ2) is 6.64. The zero-order chi connectivity index (χ0) is 19.9. The van der Waals surface area contributed by atoms with Crippen molar-refractivity contribution < 1.29 is 33.1 Å². The van der Waals surface area contributed by atoms with Crippen LogP contribution in [-0.4, -0.2) is 58.2 Å². The Morgan fingerprint density at radius 2 is 1.67 bits per heavy atom. The van der Waals surface area contributed by atoms with Crippen LogP contribution in [0.4, 0.5) is 9.18 Å². The first-order valence-electron chi connectivity index (χ1n) is 8.42. The molecular formula is C18H19FN2O6. The molecule has 2 aliphatic rings. The van der Waals surface area contributed by atoms with E-state index in [0.717, 1.165) is 4.90 Å². The minimum atomic E-state index is -1.45. The second-order valence-corrected chi connectivity index (χ2v) is 7.34. The summed E-state index contributed by atoms with van der Waals surface area (Å²) in [5.41, 5.74) is -0.620. The van der Waals surface area contributed by atoms with Gasteiger partial charge < -0.3 is 9.57 Å². The zero-order valence-electron chi connectivity index (χ0n) is 15.1. The fourth-order valence-electron chi connectivity index (χ4n) is 2.93. The first-order chi connectivity index (χ1) is 12.6. The van der Waals surface area contributed by atoms with E-state index in [9.17, 15) is 23.6 Å². The van der Waals surface area contributed by atoms with Gasteiger partial charge in [-0.3, -0.25) is 14.5 Å². The van der Waals surface area contributed by atoms with Crippen molar-refractivity contribution in [3.63, 3.8) is 0 Å². The molecular weight excluding hydrogens is 359 g/mol. The van der Waals surface area contributed by atoms with Crippen molar-refractivity contribution in [2.24, 2.45) is 0 Å². The van der Waals surface area contributed by atoms with Crippen molar-refractivity contribution in [2.75, 3.05) is 6.54 Å². The third-order valence-corrected chi connectivity index (χ3v) is 4.09. The molecule has 1 aromatic rings. The molecule has 144 valence electrons. The number of alkyl halides is 1. The Hall–Kier alpha value is -2.97. The molecule has 9 heteroatoms. The Morgan fingerprint density at radius 1 is 1.11 bits per heavy atom. The molecule has 1 fully saturated rings. The van der Waals surface area contributed by atoms with E-state index in [1.807, 2.05) is 0 Å². The number of imide groups is 1. The van der Waals surface area contributed by atoms with Crippen molar-refractivity contribution in [1.82, 2.24) is 9.96 Å². The molecule has 8 nitrogen and oxygen atoms in total. The number of rotatable bonds is 2. The van der Waals surface area contributed by atoms with Crippen molar-refractivity contribution in [3.05, 3.63) is 35.4 Å². The second-order valence-electron chi connectivity index (χ2n) is 7.34. The van der Waals surface area contributed by atoms with Crippen molar-refractivity contribution in [1.29, 1.82) is 0 Å². The van der Waals surface area contributed by atoms with Gasteiger partial charge in [0.25, 0.3) is 11.8 Å². The van der Waals surface area contributed by atoms with E-state index in [2.05, 4.69) is 0 Å². The minimum Gasteiger partial charge on any atom is -0.444 e. The zero-order valence-corrected chi connectivity index (χ0v) is 15.1. The summed E-state index contributed by atoms with van der Waals surface area (Å²) in [5, 5.41) is 0.339. The number of nitrogens with zero attached hydrogens (tertiary/aromatic N) is 2. The SMILES string of the molecule is CC(C)(C)OC(=O)N1C[C@H](F)C[C@@H]1C(=O)ON1C(=O)c2ccccc2C1=O. The van der Waals surface area contributed by atoms with Crippen LogP contribution < -0.4 is 0 Å². The molecule has 1 aromatic carbocycles. The largest absolute Gasteiger partial charge is 0.444 e. The van der Waals surface area contributed by atoms with E-state index in [1.165, 1.54) is 12.1 Å². The average Bonchev–Trinajstić information content (AvgIpc) is 3.08. The predicted molar refractivity (Wildman–Crippen MR) is 89.3 cm³/mol. The molecule has 2 heterocycles. The Morgan fingerprint density at radius 3 is 2.19 bits per heavy atom. The van der Waals surface area contributed by atoms with Crippen LogP contribution in [0.3, 0.4) is 0 Å². The summed E-state index contributed by atoms with van der Waals surface area (Å²) in [7, 11) is 0. The Bertz CT molecular complexity index is 783. The lowest BCUT2D eigenvalue weighted by Gasteiger charge is -2.27. The molecule has 0 aromatic heterocycles. The van der Waals surface area contributed by atoms with Gasteiger partial charge in [0, 0.05) is 6.42 Å². The van der Waals surface area contributed by atoms with Gasteiger partial charge >= 0.3 is 12.1 Å². The lowest BCUT2D eigenvalue weighted by molar-refractivity contribution is -0.173. The molecule has 0 radical (unpaired) electrons. The quantitative estimate of drug-likeness (QED) is 0.732. The fraction of sp³-hybridized carbons (Fsp3) is 0.444. The van der Waals surface area contributed by atoms with Crippen LogP contribution in [0.25, 0.3) is 0 Å². The van der Waals surface area contributed by atoms with E-state index in [0.29, 0.717) is 5.06 Å². The van der Waals surface area contributed by atoms with Gasteiger partial charge in [0.2, 0.25) is 0 Å². The summed E-state index contributed by atoms with van der Waals surface area (Å²) in [4.78, 5) is 55.1. The van der Waals surface area contributed by atoms with E-state index >= 15 is 0 Å². The average molecular weight is 378 g/mol. The lowest BCUT2D eigenvalue weighted by Crippen LogP contribution is -2.46. The van der Waals surface area contributed by atoms with Crippen molar-refractivity contribution in [2.45, 2.75) is 45.0 Å². The highest BCUT2D eigenvalue weighted by molar-refractivity contribution is 6.20. The molecule has 1 saturated heterocycles. The van der Waals surface area contributed by atoms with Gasteiger partial charge in [-0.15, -0.1) is 0 Å². The van der Waals surface area contributed by atoms with Crippen LogP contribution in [0.1, 0.15) is 47.9 Å². The first-order valence-corrected chi connectivity index (χ1v) is 8.42. The number of amides is 3. The number of ether oxygens (including phenoxy) is 1. The monoisotopic (exact) mass is 378 g/mol. The summed E-state index contributed by atoms with van der Waals surface area (Å²) in [6.45, 7) is 4.58. The molecule has 0 N–H and O–H groups in total. The summed E-state index contributed by atoms with van der Waals surface area (Å²) < 4.78 is 19.0. The lowest BCUT2D eigenvalue weighted by atomic mass is 10.1. The summed E-state index contributed by atoms with van der Waals surface area (Å²) >= 11 is 0. The minimum absolute atomic E-state index is 0.106. The van der Waals surface area contributed by atoms with Gasteiger partial charge in [0.15, 0.2) is 0 Å². The molecule has 0 spiro atoms. The van der Waals surface area contributed by atoms with Gasteiger partial charge in [0.05, 0.1) is 17.7 Å². The number of halogens is 1. The molecule has 0 bridgehead atoms. The number of benzene rings is 1. The number of likely N-dealkylation sites (tertiary alicyclic amines) is 1.